The topological polar surface area (TPSA) is 46.9 Å². The van der Waals surface area contributed by atoms with E-state index in [1.54, 1.807) is 6.20 Å². The van der Waals surface area contributed by atoms with Crippen LogP contribution >= 0.6 is 11.8 Å². The highest BCUT2D eigenvalue weighted by Crippen LogP contribution is 2.28. The third kappa shape index (κ3) is 4.08. The summed E-state index contributed by atoms with van der Waals surface area (Å²) in [7, 11) is 0. The number of benzene rings is 2. The van der Waals surface area contributed by atoms with Gasteiger partial charge in [0.2, 0.25) is 5.91 Å². The molecule has 0 aliphatic heterocycles. The quantitative estimate of drug-likeness (QED) is 0.618. The monoisotopic (exact) mass is 379 g/mol. The lowest BCUT2D eigenvalue weighted by atomic mass is 10.1. The first-order chi connectivity index (χ1) is 12.9. The minimum atomic E-state index is -0.268. The fourth-order valence-electron chi connectivity index (χ4n) is 3.00. The van der Waals surface area contributed by atoms with Crippen molar-refractivity contribution < 1.29 is 4.79 Å². The van der Waals surface area contributed by atoms with E-state index in [0.717, 1.165) is 27.7 Å². The SMILES string of the molecule is Cc1cccc(-n2ccnc2SC(C)C(=O)Nc2c(C)cccc2C)c1C. The van der Waals surface area contributed by atoms with Crippen LogP contribution in [-0.4, -0.2) is 20.7 Å². The third-order valence-corrected chi connectivity index (χ3v) is 5.90. The van der Waals surface area contributed by atoms with E-state index in [1.807, 2.05) is 51.2 Å². The number of hydrogen-bond donors (Lipinski definition) is 1. The van der Waals surface area contributed by atoms with Gasteiger partial charge in [-0.1, -0.05) is 42.1 Å². The molecule has 3 aromatic rings. The Bertz CT molecular complexity index is 957. The Labute approximate surface area is 165 Å². The summed E-state index contributed by atoms with van der Waals surface area (Å²) < 4.78 is 2.05. The van der Waals surface area contributed by atoms with Gasteiger partial charge in [0, 0.05) is 18.1 Å². The highest BCUT2D eigenvalue weighted by molar-refractivity contribution is 8.00. The Morgan fingerprint density at radius 2 is 1.67 bits per heavy atom. The molecule has 1 aromatic heterocycles. The molecule has 2 aromatic carbocycles. The Hall–Kier alpha value is -2.53. The van der Waals surface area contributed by atoms with Crippen LogP contribution < -0.4 is 5.32 Å². The zero-order valence-corrected chi connectivity index (χ0v) is 17.2. The standard InChI is InChI=1S/C22H25N3OS/c1-14-8-7-11-19(17(14)4)25-13-12-23-22(25)27-18(5)21(26)24-20-15(2)9-6-10-16(20)3/h6-13,18H,1-5H3,(H,24,26). The van der Waals surface area contributed by atoms with Crippen molar-refractivity contribution in [1.29, 1.82) is 0 Å². The summed E-state index contributed by atoms with van der Waals surface area (Å²) >= 11 is 1.47. The number of para-hydroxylation sites is 1. The van der Waals surface area contributed by atoms with E-state index in [9.17, 15) is 4.79 Å². The van der Waals surface area contributed by atoms with Gasteiger partial charge in [-0.05, 0) is 62.9 Å². The van der Waals surface area contributed by atoms with Crippen LogP contribution in [-0.2, 0) is 4.79 Å². The van der Waals surface area contributed by atoms with E-state index in [1.165, 1.54) is 22.9 Å². The molecule has 1 atom stereocenters. The minimum absolute atomic E-state index is 0.0204. The number of imidazole rings is 1. The molecule has 0 radical (unpaired) electrons. The van der Waals surface area contributed by atoms with Crippen molar-refractivity contribution in [1.82, 2.24) is 9.55 Å². The van der Waals surface area contributed by atoms with E-state index in [2.05, 4.69) is 40.8 Å². The van der Waals surface area contributed by atoms with Crippen molar-refractivity contribution in [2.24, 2.45) is 0 Å². The largest absolute Gasteiger partial charge is 0.325 e. The van der Waals surface area contributed by atoms with Gasteiger partial charge in [-0.2, -0.15) is 0 Å². The number of nitrogens with one attached hydrogen (secondary N) is 1. The normalized spacial score (nSPS) is 12.0. The molecule has 5 heteroatoms. The molecule has 0 aliphatic rings. The molecule has 0 fully saturated rings. The van der Waals surface area contributed by atoms with Crippen molar-refractivity contribution in [2.75, 3.05) is 5.32 Å². The molecule has 1 amide bonds. The van der Waals surface area contributed by atoms with Crippen LogP contribution in [0.15, 0.2) is 53.9 Å². The second-order valence-electron chi connectivity index (χ2n) is 6.81. The van der Waals surface area contributed by atoms with Gasteiger partial charge in [0.1, 0.15) is 0 Å². The summed E-state index contributed by atoms with van der Waals surface area (Å²) in [5.41, 5.74) is 6.57. The maximum Gasteiger partial charge on any atom is 0.237 e. The number of aromatic nitrogens is 2. The molecule has 3 rings (SSSR count). The fourth-order valence-corrected chi connectivity index (χ4v) is 3.88. The van der Waals surface area contributed by atoms with Gasteiger partial charge < -0.3 is 5.32 Å². The lowest BCUT2D eigenvalue weighted by Crippen LogP contribution is -2.23. The highest BCUT2D eigenvalue weighted by atomic mass is 32.2. The predicted molar refractivity (Wildman–Crippen MR) is 113 cm³/mol. The van der Waals surface area contributed by atoms with Gasteiger partial charge in [0.05, 0.1) is 10.9 Å². The molecule has 1 heterocycles. The fraction of sp³-hybridized carbons (Fsp3) is 0.273. The molecule has 27 heavy (non-hydrogen) atoms. The van der Waals surface area contributed by atoms with Crippen molar-refractivity contribution in [3.63, 3.8) is 0 Å². The number of aryl methyl sites for hydroxylation is 3. The number of nitrogens with zero attached hydrogens (tertiary/aromatic N) is 2. The Morgan fingerprint density at radius 3 is 2.37 bits per heavy atom. The van der Waals surface area contributed by atoms with Gasteiger partial charge in [0.25, 0.3) is 0 Å². The summed E-state index contributed by atoms with van der Waals surface area (Å²) in [4.78, 5) is 17.2. The zero-order chi connectivity index (χ0) is 19.6. The van der Waals surface area contributed by atoms with Crippen LogP contribution in [0.1, 0.15) is 29.2 Å². The van der Waals surface area contributed by atoms with E-state index >= 15 is 0 Å². The summed E-state index contributed by atoms with van der Waals surface area (Å²) in [6.07, 6.45) is 3.72. The first-order valence-electron chi connectivity index (χ1n) is 9.02. The van der Waals surface area contributed by atoms with Gasteiger partial charge in [-0.25, -0.2) is 4.98 Å². The van der Waals surface area contributed by atoms with E-state index in [-0.39, 0.29) is 11.2 Å². The first-order valence-corrected chi connectivity index (χ1v) is 9.90. The Morgan fingerprint density at radius 1 is 1.04 bits per heavy atom. The average Bonchev–Trinajstić information content (AvgIpc) is 3.08. The molecule has 0 saturated carbocycles. The smallest absolute Gasteiger partial charge is 0.237 e. The molecule has 140 valence electrons. The number of anilines is 1. The van der Waals surface area contributed by atoms with E-state index in [4.69, 9.17) is 0 Å². The van der Waals surface area contributed by atoms with Gasteiger partial charge in [-0.15, -0.1) is 0 Å². The van der Waals surface area contributed by atoms with Crippen LogP contribution in [0.5, 0.6) is 0 Å². The van der Waals surface area contributed by atoms with Crippen molar-refractivity contribution >= 4 is 23.4 Å². The number of carbonyl (C=O) groups is 1. The second kappa shape index (κ2) is 8.01. The Kier molecular flexibility index (Phi) is 5.71. The highest BCUT2D eigenvalue weighted by Gasteiger charge is 2.19. The molecule has 0 bridgehead atoms. The summed E-state index contributed by atoms with van der Waals surface area (Å²) in [5.74, 6) is -0.0204. The molecule has 1 unspecified atom stereocenters. The first kappa shape index (κ1) is 19.2. The molecule has 0 spiro atoms. The lowest BCUT2D eigenvalue weighted by molar-refractivity contribution is -0.115. The summed E-state index contributed by atoms with van der Waals surface area (Å²) in [6, 6.07) is 12.2. The number of thioether (sulfide) groups is 1. The molecule has 1 N–H and O–H groups in total. The van der Waals surface area contributed by atoms with E-state index < -0.39 is 0 Å². The van der Waals surface area contributed by atoms with Crippen molar-refractivity contribution in [3.05, 3.63) is 71.0 Å². The number of carbonyl (C=O) groups excluding carboxylic acids is 1. The van der Waals surface area contributed by atoms with Crippen LogP contribution in [0.3, 0.4) is 0 Å². The van der Waals surface area contributed by atoms with Crippen LogP contribution in [0.4, 0.5) is 5.69 Å². The summed E-state index contributed by atoms with van der Waals surface area (Å²) in [6.45, 7) is 10.1. The van der Waals surface area contributed by atoms with Crippen LogP contribution in [0.2, 0.25) is 0 Å². The van der Waals surface area contributed by atoms with E-state index in [0.29, 0.717) is 0 Å². The number of amides is 1. The number of hydrogen-bond acceptors (Lipinski definition) is 3. The zero-order valence-electron chi connectivity index (χ0n) is 16.4. The number of rotatable bonds is 5. The lowest BCUT2D eigenvalue weighted by Gasteiger charge is -2.16. The van der Waals surface area contributed by atoms with Crippen LogP contribution in [0.25, 0.3) is 5.69 Å². The maximum absolute atomic E-state index is 12.7. The summed E-state index contributed by atoms with van der Waals surface area (Å²) in [5, 5.41) is 3.62. The van der Waals surface area contributed by atoms with Gasteiger partial charge in [0.15, 0.2) is 5.16 Å². The van der Waals surface area contributed by atoms with Gasteiger partial charge >= 0.3 is 0 Å². The Balaban J connectivity index is 1.79. The molecule has 0 saturated heterocycles. The van der Waals surface area contributed by atoms with Crippen molar-refractivity contribution in [2.45, 2.75) is 45.0 Å². The minimum Gasteiger partial charge on any atom is -0.325 e. The molecule has 4 nitrogen and oxygen atoms in total. The van der Waals surface area contributed by atoms with Crippen LogP contribution in [0, 0.1) is 27.7 Å². The second-order valence-corrected chi connectivity index (χ2v) is 8.12. The average molecular weight is 380 g/mol. The molecular formula is C22H25N3OS. The third-order valence-electron chi connectivity index (χ3n) is 4.82. The molecular weight excluding hydrogens is 354 g/mol. The molecule has 0 aliphatic carbocycles. The maximum atomic E-state index is 12.7. The predicted octanol–water partition coefficient (Wildman–Crippen LogP) is 5.23. The van der Waals surface area contributed by atoms with Gasteiger partial charge in [-0.3, -0.25) is 9.36 Å². The van der Waals surface area contributed by atoms with Crippen molar-refractivity contribution in [3.8, 4) is 5.69 Å².